The van der Waals surface area contributed by atoms with Crippen molar-refractivity contribution in [1.82, 2.24) is 14.9 Å². The number of rotatable bonds is 2. The summed E-state index contributed by atoms with van der Waals surface area (Å²) in [5.41, 5.74) is 2.45. The van der Waals surface area contributed by atoms with E-state index in [0.717, 1.165) is 30.9 Å². The fourth-order valence-corrected chi connectivity index (χ4v) is 3.43. The molecule has 28 heavy (non-hydrogen) atoms. The number of hydrogen-bond donors (Lipinski definition) is 2. The normalized spacial score (nSPS) is 17.4. The van der Waals surface area contributed by atoms with E-state index >= 15 is 0 Å². The zero-order valence-corrected chi connectivity index (χ0v) is 17.2. The molecule has 0 spiro atoms. The molecule has 0 amide bonds. The standard InChI is InChI=1S/C20H25FN6S/c1-13-5-4-10-27(12-13)19(25-18-22-14(2)11-15(3)23-18)26-20(28)24-17-8-6-16(21)7-9-17/h6-9,11,13H,4-5,10,12H2,1-3H3,(H2,22,23,24,25,26,28). The maximum atomic E-state index is 13.1. The number of halogens is 1. The monoisotopic (exact) mass is 400 g/mol. The zero-order valence-electron chi connectivity index (χ0n) is 16.4. The quantitative estimate of drug-likeness (QED) is 0.449. The molecule has 1 aromatic heterocycles. The molecule has 0 bridgehead atoms. The van der Waals surface area contributed by atoms with Crippen LogP contribution in [0.4, 0.5) is 16.0 Å². The average Bonchev–Trinajstić information content (AvgIpc) is 2.62. The molecule has 1 saturated heterocycles. The topological polar surface area (TPSA) is 65.4 Å². The number of aliphatic imine (C=N–C) groups is 1. The van der Waals surface area contributed by atoms with Gasteiger partial charge in [0.15, 0.2) is 0 Å². The summed E-state index contributed by atoms with van der Waals surface area (Å²) in [6.45, 7) is 7.86. The van der Waals surface area contributed by atoms with E-state index in [9.17, 15) is 4.39 Å². The van der Waals surface area contributed by atoms with Crippen molar-refractivity contribution in [3.63, 3.8) is 0 Å². The van der Waals surface area contributed by atoms with Crippen molar-refractivity contribution in [2.75, 3.05) is 23.7 Å². The van der Waals surface area contributed by atoms with Gasteiger partial charge in [0.25, 0.3) is 0 Å². The predicted octanol–water partition coefficient (Wildman–Crippen LogP) is 4.13. The summed E-state index contributed by atoms with van der Waals surface area (Å²) < 4.78 is 13.1. The van der Waals surface area contributed by atoms with Gasteiger partial charge in [0.2, 0.25) is 17.0 Å². The van der Waals surface area contributed by atoms with E-state index < -0.39 is 0 Å². The van der Waals surface area contributed by atoms with E-state index in [2.05, 4.69) is 37.4 Å². The number of piperidine rings is 1. The summed E-state index contributed by atoms with van der Waals surface area (Å²) in [4.78, 5) is 15.7. The molecule has 8 heteroatoms. The molecule has 1 fully saturated rings. The van der Waals surface area contributed by atoms with Gasteiger partial charge in [-0.2, -0.15) is 4.99 Å². The van der Waals surface area contributed by atoms with Crippen molar-refractivity contribution in [2.45, 2.75) is 33.6 Å². The molecular formula is C20H25FN6S. The van der Waals surface area contributed by atoms with Crippen molar-refractivity contribution in [3.8, 4) is 0 Å². The van der Waals surface area contributed by atoms with Crippen LogP contribution in [-0.2, 0) is 0 Å². The number of anilines is 2. The molecular weight excluding hydrogens is 375 g/mol. The van der Waals surface area contributed by atoms with Crippen LogP contribution < -0.4 is 10.6 Å². The molecule has 0 radical (unpaired) electrons. The SMILES string of the molecule is Cc1cc(C)nc(N/C(=N/C(=S)Nc2ccc(F)cc2)N2CCCC(C)C2)n1. The highest BCUT2D eigenvalue weighted by Gasteiger charge is 2.21. The van der Waals surface area contributed by atoms with Gasteiger partial charge < -0.3 is 10.2 Å². The summed E-state index contributed by atoms with van der Waals surface area (Å²) in [5.74, 6) is 1.39. The number of nitrogens with zero attached hydrogens (tertiary/aromatic N) is 4. The molecule has 1 aliphatic rings. The van der Waals surface area contributed by atoms with Gasteiger partial charge in [0, 0.05) is 30.2 Å². The van der Waals surface area contributed by atoms with Gasteiger partial charge in [-0.15, -0.1) is 0 Å². The smallest absolute Gasteiger partial charge is 0.229 e. The van der Waals surface area contributed by atoms with Crippen LogP contribution in [0, 0.1) is 25.6 Å². The Labute approximate surface area is 170 Å². The van der Waals surface area contributed by atoms with Crippen LogP contribution >= 0.6 is 12.2 Å². The second kappa shape index (κ2) is 9.05. The Balaban J connectivity index is 1.82. The first-order chi connectivity index (χ1) is 13.4. The summed E-state index contributed by atoms with van der Waals surface area (Å²) in [6, 6.07) is 7.93. The third-order valence-corrected chi connectivity index (χ3v) is 4.66. The van der Waals surface area contributed by atoms with Crippen LogP contribution in [0.25, 0.3) is 0 Å². The minimum absolute atomic E-state index is 0.289. The number of aromatic nitrogens is 2. The van der Waals surface area contributed by atoms with Crippen LogP contribution in [-0.4, -0.2) is 39.0 Å². The first-order valence-electron chi connectivity index (χ1n) is 9.38. The third kappa shape index (κ3) is 5.69. The molecule has 2 aromatic rings. The van der Waals surface area contributed by atoms with E-state index in [1.54, 1.807) is 12.1 Å². The van der Waals surface area contributed by atoms with Crippen LogP contribution in [0.1, 0.15) is 31.2 Å². The molecule has 1 unspecified atom stereocenters. The van der Waals surface area contributed by atoms with E-state index in [-0.39, 0.29) is 10.9 Å². The minimum Gasteiger partial charge on any atom is -0.342 e. The number of hydrogen-bond acceptors (Lipinski definition) is 3. The van der Waals surface area contributed by atoms with Crippen LogP contribution in [0.5, 0.6) is 0 Å². The zero-order chi connectivity index (χ0) is 20.1. The number of aryl methyl sites for hydroxylation is 2. The molecule has 0 saturated carbocycles. The summed E-state index contributed by atoms with van der Waals surface area (Å²) in [5, 5.41) is 6.56. The lowest BCUT2D eigenvalue weighted by Crippen LogP contribution is -2.43. The van der Waals surface area contributed by atoms with Gasteiger partial charge in [0.05, 0.1) is 0 Å². The van der Waals surface area contributed by atoms with E-state index in [1.807, 2.05) is 19.9 Å². The molecule has 3 rings (SSSR count). The first kappa shape index (κ1) is 20.1. The lowest BCUT2D eigenvalue weighted by atomic mass is 10.0. The Hall–Kier alpha value is -2.61. The van der Waals surface area contributed by atoms with E-state index in [0.29, 0.717) is 23.5 Å². The van der Waals surface area contributed by atoms with E-state index in [4.69, 9.17) is 12.2 Å². The molecule has 148 valence electrons. The molecule has 1 aliphatic heterocycles. The van der Waals surface area contributed by atoms with Crippen LogP contribution in [0.15, 0.2) is 35.3 Å². The molecule has 6 nitrogen and oxygen atoms in total. The second-order valence-corrected chi connectivity index (χ2v) is 7.55. The highest BCUT2D eigenvalue weighted by molar-refractivity contribution is 7.80. The number of thiocarbonyl (C=S) groups is 1. The van der Waals surface area contributed by atoms with Crippen LogP contribution in [0.2, 0.25) is 0 Å². The average molecular weight is 401 g/mol. The Kier molecular flexibility index (Phi) is 6.51. The van der Waals surface area contributed by atoms with Crippen molar-refractivity contribution in [3.05, 3.63) is 47.5 Å². The maximum absolute atomic E-state index is 13.1. The molecule has 1 atom stereocenters. The fraction of sp³-hybridized carbons (Fsp3) is 0.400. The molecule has 2 N–H and O–H groups in total. The fourth-order valence-electron chi connectivity index (χ4n) is 3.22. The summed E-state index contributed by atoms with van der Waals surface area (Å²) in [7, 11) is 0. The number of benzene rings is 1. The number of guanidine groups is 1. The molecule has 2 heterocycles. The van der Waals surface area contributed by atoms with E-state index in [1.165, 1.54) is 18.6 Å². The van der Waals surface area contributed by atoms with Gasteiger partial charge in [-0.1, -0.05) is 6.92 Å². The number of nitrogens with one attached hydrogen (secondary N) is 2. The van der Waals surface area contributed by atoms with Crippen LogP contribution in [0.3, 0.4) is 0 Å². The van der Waals surface area contributed by atoms with Gasteiger partial charge in [-0.3, -0.25) is 5.32 Å². The van der Waals surface area contributed by atoms with Gasteiger partial charge in [-0.25, -0.2) is 14.4 Å². The van der Waals surface area contributed by atoms with Crippen molar-refractivity contribution in [2.24, 2.45) is 10.9 Å². The second-order valence-electron chi connectivity index (χ2n) is 7.17. The lowest BCUT2D eigenvalue weighted by Gasteiger charge is -2.33. The Morgan fingerprint density at radius 3 is 2.50 bits per heavy atom. The number of likely N-dealkylation sites (tertiary alicyclic amines) is 1. The van der Waals surface area contributed by atoms with Crippen molar-refractivity contribution < 1.29 is 4.39 Å². The Bertz CT molecular complexity index is 847. The molecule has 0 aliphatic carbocycles. The van der Waals surface area contributed by atoms with Gasteiger partial charge in [0.1, 0.15) is 5.82 Å². The predicted molar refractivity (Wildman–Crippen MR) is 115 cm³/mol. The third-order valence-electron chi connectivity index (χ3n) is 4.47. The lowest BCUT2D eigenvalue weighted by molar-refractivity contribution is 0.273. The molecule has 1 aromatic carbocycles. The summed E-state index contributed by atoms with van der Waals surface area (Å²) in [6.07, 6.45) is 2.29. The van der Waals surface area contributed by atoms with Crippen molar-refractivity contribution in [1.29, 1.82) is 0 Å². The van der Waals surface area contributed by atoms with Gasteiger partial charge >= 0.3 is 0 Å². The van der Waals surface area contributed by atoms with Crippen molar-refractivity contribution >= 4 is 34.9 Å². The Morgan fingerprint density at radius 2 is 1.86 bits per heavy atom. The Morgan fingerprint density at radius 1 is 1.18 bits per heavy atom. The summed E-state index contributed by atoms with van der Waals surface area (Å²) >= 11 is 5.41. The minimum atomic E-state index is -0.295. The highest BCUT2D eigenvalue weighted by atomic mass is 32.1. The first-order valence-corrected chi connectivity index (χ1v) is 9.79. The highest BCUT2D eigenvalue weighted by Crippen LogP contribution is 2.17. The maximum Gasteiger partial charge on any atom is 0.229 e. The largest absolute Gasteiger partial charge is 0.342 e. The van der Waals surface area contributed by atoms with Gasteiger partial charge in [-0.05, 0) is 75.2 Å².